The summed E-state index contributed by atoms with van der Waals surface area (Å²) in [5.41, 5.74) is 5.87. The van der Waals surface area contributed by atoms with E-state index in [2.05, 4.69) is 0 Å². The van der Waals surface area contributed by atoms with E-state index in [9.17, 15) is 0 Å². The van der Waals surface area contributed by atoms with E-state index in [1.807, 2.05) is 0 Å². The van der Waals surface area contributed by atoms with Gasteiger partial charge in [-0.3, -0.25) is 5.41 Å². The summed E-state index contributed by atoms with van der Waals surface area (Å²) in [6.07, 6.45) is 0. The largest absolute Gasteiger partial charge is 0.490 e. The summed E-state index contributed by atoms with van der Waals surface area (Å²) in [5.74, 6) is 0.376. The Balaban J connectivity index is 2.47. The van der Waals surface area contributed by atoms with Crippen molar-refractivity contribution in [2.75, 3.05) is 33.5 Å². The van der Waals surface area contributed by atoms with Crippen LogP contribution in [0.25, 0.3) is 0 Å². The number of nitrogen functional groups attached to an aromatic ring is 1. The van der Waals surface area contributed by atoms with Crippen LogP contribution in [0.5, 0.6) is 5.75 Å². The minimum Gasteiger partial charge on any atom is -0.490 e. The molecule has 1 aromatic rings. The van der Waals surface area contributed by atoms with Crippen molar-refractivity contribution in [1.82, 2.24) is 0 Å². The summed E-state index contributed by atoms with van der Waals surface area (Å²) < 4.78 is 15.6. The second kappa shape index (κ2) is 7.92. The fourth-order valence-electron chi connectivity index (χ4n) is 1.34. The Hall–Kier alpha value is -1.30. The van der Waals surface area contributed by atoms with Gasteiger partial charge in [0.1, 0.15) is 18.2 Å². The summed E-state index contributed by atoms with van der Waals surface area (Å²) >= 11 is 5.96. The van der Waals surface area contributed by atoms with E-state index < -0.39 is 0 Å². The predicted molar refractivity (Wildman–Crippen MR) is 70.7 cm³/mol. The Morgan fingerprint density at radius 2 is 2.00 bits per heavy atom. The molecular weight excluding hydrogens is 256 g/mol. The lowest BCUT2D eigenvalue weighted by molar-refractivity contribution is 0.0544. The fourth-order valence-corrected chi connectivity index (χ4v) is 1.61. The molecule has 0 unspecified atom stereocenters. The van der Waals surface area contributed by atoms with Gasteiger partial charge in [-0.2, -0.15) is 0 Å². The molecule has 0 heterocycles. The third-order valence-electron chi connectivity index (χ3n) is 2.16. The second-order valence-electron chi connectivity index (χ2n) is 3.48. The molecule has 0 spiro atoms. The molecule has 6 heteroatoms. The number of ether oxygens (including phenoxy) is 3. The van der Waals surface area contributed by atoms with Crippen LogP contribution in [0.3, 0.4) is 0 Å². The second-order valence-corrected chi connectivity index (χ2v) is 3.89. The van der Waals surface area contributed by atoms with Crippen molar-refractivity contribution < 1.29 is 14.2 Å². The van der Waals surface area contributed by atoms with Crippen molar-refractivity contribution in [2.45, 2.75) is 0 Å². The molecule has 5 nitrogen and oxygen atoms in total. The zero-order chi connectivity index (χ0) is 13.4. The number of hydrogen-bond acceptors (Lipinski definition) is 4. The first kappa shape index (κ1) is 14.8. The summed E-state index contributed by atoms with van der Waals surface area (Å²) in [6, 6.07) is 5.13. The molecule has 3 N–H and O–H groups in total. The van der Waals surface area contributed by atoms with Crippen molar-refractivity contribution >= 4 is 17.4 Å². The number of methoxy groups -OCH3 is 1. The van der Waals surface area contributed by atoms with Crippen LogP contribution >= 0.6 is 11.6 Å². The van der Waals surface area contributed by atoms with Gasteiger partial charge in [-0.05, 0) is 12.1 Å². The Labute approximate surface area is 111 Å². The maximum absolute atomic E-state index is 7.45. The molecule has 18 heavy (non-hydrogen) atoms. The number of benzene rings is 1. The topological polar surface area (TPSA) is 77.6 Å². The fraction of sp³-hybridized carbons (Fsp3) is 0.417. The van der Waals surface area contributed by atoms with Crippen LogP contribution in [0.15, 0.2) is 18.2 Å². The molecule has 0 aliphatic rings. The van der Waals surface area contributed by atoms with Gasteiger partial charge in [-0.15, -0.1) is 0 Å². The van der Waals surface area contributed by atoms with Crippen molar-refractivity contribution in [3.63, 3.8) is 0 Å². The predicted octanol–water partition coefficient (Wildman–Crippen LogP) is 1.67. The maximum Gasteiger partial charge on any atom is 0.131 e. The van der Waals surface area contributed by atoms with Crippen LogP contribution < -0.4 is 10.5 Å². The molecule has 0 bridgehead atoms. The lowest BCUT2D eigenvalue weighted by Gasteiger charge is -2.12. The van der Waals surface area contributed by atoms with Gasteiger partial charge in [0, 0.05) is 7.11 Å². The summed E-state index contributed by atoms with van der Waals surface area (Å²) in [5, 5.41) is 7.86. The molecule has 1 aromatic carbocycles. The van der Waals surface area contributed by atoms with Crippen LogP contribution in [-0.2, 0) is 9.47 Å². The van der Waals surface area contributed by atoms with Crippen LogP contribution in [0.2, 0.25) is 5.02 Å². The van der Waals surface area contributed by atoms with Gasteiger partial charge < -0.3 is 19.9 Å². The molecule has 0 aromatic heterocycles. The lowest BCUT2D eigenvalue weighted by Crippen LogP contribution is -2.16. The minimum absolute atomic E-state index is 0.115. The van der Waals surface area contributed by atoms with Gasteiger partial charge in [0.05, 0.1) is 30.4 Å². The number of nitrogens with one attached hydrogen (secondary N) is 1. The molecule has 0 radical (unpaired) electrons. The molecule has 1 rings (SSSR count). The summed E-state index contributed by atoms with van der Waals surface area (Å²) in [6.45, 7) is 1.88. The molecule has 0 aliphatic heterocycles. The van der Waals surface area contributed by atoms with Gasteiger partial charge in [-0.1, -0.05) is 17.7 Å². The van der Waals surface area contributed by atoms with E-state index in [0.717, 1.165) is 0 Å². The van der Waals surface area contributed by atoms with E-state index in [1.165, 1.54) is 0 Å². The van der Waals surface area contributed by atoms with Gasteiger partial charge in [0.2, 0.25) is 0 Å². The van der Waals surface area contributed by atoms with Gasteiger partial charge in [0.25, 0.3) is 0 Å². The van der Waals surface area contributed by atoms with Gasteiger partial charge in [0.15, 0.2) is 0 Å². The zero-order valence-electron chi connectivity index (χ0n) is 10.2. The van der Waals surface area contributed by atoms with Crippen molar-refractivity contribution in [1.29, 1.82) is 5.41 Å². The van der Waals surface area contributed by atoms with Crippen LogP contribution in [0, 0.1) is 5.41 Å². The Bertz CT molecular complexity index is 399. The Kier molecular flexibility index (Phi) is 6.49. The number of hydrogen-bond donors (Lipinski definition) is 2. The van der Waals surface area contributed by atoms with Crippen LogP contribution in [0.4, 0.5) is 0 Å². The quantitative estimate of drug-likeness (QED) is 0.429. The molecule has 0 saturated carbocycles. The van der Waals surface area contributed by atoms with E-state index >= 15 is 0 Å². The first-order chi connectivity index (χ1) is 8.66. The maximum atomic E-state index is 7.45. The highest BCUT2D eigenvalue weighted by atomic mass is 35.5. The van der Waals surface area contributed by atoms with Crippen molar-refractivity contribution in [3.8, 4) is 5.75 Å². The summed E-state index contributed by atoms with van der Waals surface area (Å²) in [4.78, 5) is 0. The number of amidine groups is 1. The first-order valence-corrected chi connectivity index (χ1v) is 5.87. The Morgan fingerprint density at radius 3 is 2.67 bits per heavy atom. The smallest absolute Gasteiger partial charge is 0.131 e. The van der Waals surface area contributed by atoms with Crippen LogP contribution in [0.1, 0.15) is 5.56 Å². The van der Waals surface area contributed by atoms with E-state index in [0.29, 0.717) is 42.8 Å². The van der Waals surface area contributed by atoms with Gasteiger partial charge >= 0.3 is 0 Å². The highest BCUT2D eigenvalue weighted by Crippen LogP contribution is 2.25. The molecule has 100 valence electrons. The molecule has 0 amide bonds. The number of halogens is 1. The van der Waals surface area contributed by atoms with Crippen LogP contribution in [-0.4, -0.2) is 39.4 Å². The standard InChI is InChI=1S/C12H17ClN2O3/c1-16-5-6-17-7-8-18-10-4-2-3-9(13)11(10)12(14)15/h2-4H,5-8H2,1H3,(H3,14,15). The third kappa shape index (κ3) is 4.52. The molecule has 0 fully saturated rings. The van der Waals surface area contributed by atoms with Gasteiger partial charge in [-0.25, -0.2) is 0 Å². The van der Waals surface area contributed by atoms with Crippen molar-refractivity contribution in [3.05, 3.63) is 28.8 Å². The van der Waals surface area contributed by atoms with Crippen molar-refractivity contribution in [2.24, 2.45) is 5.73 Å². The van der Waals surface area contributed by atoms with E-state index in [4.69, 9.17) is 37.0 Å². The highest BCUT2D eigenvalue weighted by Gasteiger charge is 2.10. The lowest BCUT2D eigenvalue weighted by atomic mass is 10.2. The monoisotopic (exact) mass is 272 g/mol. The molecule has 0 aliphatic carbocycles. The molecule has 0 saturated heterocycles. The number of rotatable bonds is 8. The minimum atomic E-state index is -0.115. The molecular formula is C12H17ClN2O3. The highest BCUT2D eigenvalue weighted by molar-refractivity contribution is 6.34. The Morgan fingerprint density at radius 1 is 1.28 bits per heavy atom. The summed E-state index contributed by atoms with van der Waals surface area (Å²) in [7, 11) is 1.62. The van der Waals surface area contributed by atoms with E-state index in [-0.39, 0.29) is 5.84 Å². The average molecular weight is 273 g/mol. The van der Waals surface area contributed by atoms with E-state index in [1.54, 1.807) is 25.3 Å². The molecule has 0 atom stereocenters. The third-order valence-corrected chi connectivity index (χ3v) is 2.48. The first-order valence-electron chi connectivity index (χ1n) is 5.49. The SMILES string of the molecule is COCCOCCOc1cccc(Cl)c1C(=N)N. The normalized spacial score (nSPS) is 10.3. The zero-order valence-corrected chi connectivity index (χ0v) is 11.0. The number of nitrogens with two attached hydrogens (primary N) is 1. The average Bonchev–Trinajstić information content (AvgIpc) is 2.33.